The molecule has 1 spiro atoms. The Bertz CT molecular complexity index is 702. The summed E-state index contributed by atoms with van der Waals surface area (Å²) >= 11 is 0. The predicted octanol–water partition coefficient (Wildman–Crippen LogP) is 8.53. The standard InChI is InChI=1S/C22H33N.C8H18/c1-5-15(2)14-23-22-13-18-8-6-16(3)10-11-21(18,22)20-12-17(4)7-9-19(20)22;1-4-6-8(3)7-5-2/h7,9,12,15-16,18,23H,5-6,8,10-11,13-14H2,1-4H3;8H,4-7H2,1-3H3/t15?,16?,18?,21-,22?;/m0./s1. The van der Waals surface area contributed by atoms with Gasteiger partial charge >= 0.3 is 0 Å². The lowest BCUT2D eigenvalue weighted by molar-refractivity contribution is -0.0825. The van der Waals surface area contributed by atoms with Crippen molar-refractivity contribution in [2.24, 2.45) is 23.7 Å². The van der Waals surface area contributed by atoms with Gasteiger partial charge in [0.15, 0.2) is 0 Å². The lowest BCUT2D eigenvalue weighted by Crippen LogP contribution is -2.77. The molecule has 1 nitrogen and oxygen atoms in total. The van der Waals surface area contributed by atoms with E-state index in [1.807, 2.05) is 0 Å². The van der Waals surface area contributed by atoms with Crippen molar-refractivity contribution < 1.29 is 0 Å². The van der Waals surface area contributed by atoms with E-state index >= 15 is 0 Å². The molecular weight excluding hydrogens is 374 g/mol. The number of fused-ring (bicyclic) bond motifs is 2. The Labute approximate surface area is 194 Å². The number of nitrogens with one attached hydrogen (secondary N) is 1. The molecule has 1 N–H and O–H groups in total. The molecule has 31 heavy (non-hydrogen) atoms. The molecule has 0 amide bonds. The van der Waals surface area contributed by atoms with E-state index in [1.54, 1.807) is 11.1 Å². The summed E-state index contributed by atoms with van der Waals surface area (Å²) in [6, 6.07) is 7.27. The molecule has 4 unspecified atom stereocenters. The smallest absolute Gasteiger partial charge is 0.0541 e. The van der Waals surface area contributed by atoms with Crippen LogP contribution in [-0.4, -0.2) is 6.54 Å². The summed E-state index contributed by atoms with van der Waals surface area (Å²) in [7, 11) is 0. The first-order valence-electron chi connectivity index (χ1n) is 13.7. The lowest BCUT2D eigenvalue weighted by Gasteiger charge is -2.73. The molecule has 1 heteroatoms. The van der Waals surface area contributed by atoms with Gasteiger partial charge in [0.25, 0.3) is 0 Å². The average Bonchev–Trinajstić information content (AvgIpc) is 2.88. The van der Waals surface area contributed by atoms with Gasteiger partial charge in [-0.1, -0.05) is 104 Å². The van der Waals surface area contributed by atoms with Gasteiger partial charge in [0.2, 0.25) is 0 Å². The highest BCUT2D eigenvalue weighted by Gasteiger charge is 2.73. The van der Waals surface area contributed by atoms with Crippen LogP contribution >= 0.6 is 0 Å². The Morgan fingerprint density at radius 3 is 2.32 bits per heavy atom. The minimum Gasteiger partial charge on any atom is -0.306 e. The first kappa shape index (κ1) is 24.8. The highest BCUT2D eigenvalue weighted by molar-refractivity contribution is 5.60. The molecular formula is C30H51N. The Kier molecular flexibility index (Phi) is 8.33. The van der Waals surface area contributed by atoms with Gasteiger partial charge < -0.3 is 5.32 Å². The fraction of sp³-hybridized carbons (Fsp3) is 0.800. The van der Waals surface area contributed by atoms with Crippen LogP contribution in [0, 0.1) is 30.6 Å². The predicted molar refractivity (Wildman–Crippen MR) is 137 cm³/mol. The van der Waals surface area contributed by atoms with E-state index in [0.717, 1.165) is 23.7 Å². The second-order valence-electron chi connectivity index (χ2n) is 11.6. The highest BCUT2D eigenvalue weighted by Crippen LogP contribution is 2.73. The largest absolute Gasteiger partial charge is 0.306 e. The molecule has 176 valence electrons. The molecule has 1 aromatic carbocycles. The van der Waals surface area contributed by atoms with E-state index in [-0.39, 0.29) is 0 Å². The third kappa shape index (κ3) is 4.50. The zero-order valence-corrected chi connectivity index (χ0v) is 21.8. The fourth-order valence-corrected chi connectivity index (χ4v) is 7.03. The molecule has 3 aliphatic carbocycles. The summed E-state index contributed by atoms with van der Waals surface area (Å²) in [6.07, 6.45) is 13.9. The molecule has 1 aromatic rings. The Hall–Kier alpha value is -0.820. The summed E-state index contributed by atoms with van der Waals surface area (Å²) in [5.74, 6) is 3.58. The second kappa shape index (κ2) is 10.4. The minimum absolute atomic E-state index is 0.314. The van der Waals surface area contributed by atoms with Crippen LogP contribution in [0.3, 0.4) is 0 Å². The number of rotatable bonds is 8. The van der Waals surface area contributed by atoms with Crippen LogP contribution in [0.2, 0.25) is 0 Å². The molecule has 4 rings (SSSR count). The van der Waals surface area contributed by atoms with Gasteiger partial charge in [0.05, 0.1) is 5.54 Å². The molecule has 0 saturated heterocycles. The van der Waals surface area contributed by atoms with Crippen LogP contribution in [0.1, 0.15) is 122 Å². The van der Waals surface area contributed by atoms with E-state index in [4.69, 9.17) is 0 Å². The quantitative estimate of drug-likeness (QED) is 0.440. The lowest BCUT2D eigenvalue weighted by atomic mass is 9.34. The van der Waals surface area contributed by atoms with Crippen LogP contribution in [0.5, 0.6) is 0 Å². The van der Waals surface area contributed by atoms with E-state index < -0.39 is 0 Å². The van der Waals surface area contributed by atoms with Crippen molar-refractivity contribution in [1.82, 2.24) is 5.32 Å². The van der Waals surface area contributed by atoms with Crippen molar-refractivity contribution in [2.45, 2.75) is 124 Å². The normalized spacial score (nSPS) is 31.7. The maximum Gasteiger partial charge on any atom is 0.0541 e. The summed E-state index contributed by atoms with van der Waals surface area (Å²) in [5, 5.41) is 4.09. The summed E-state index contributed by atoms with van der Waals surface area (Å²) in [6.45, 7) is 17.5. The maximum absolute atomic E-state index is 4.09. The monoisotopic (exact) mass is 425 g/mol. The van der Waals surface area contributed by atoms with Gasteiger partial charge in [0.1, 0.15) is 0 Å². The van der Waals surface area contributed by atoms with Crippen LogP contribution in [0.4, 0.5) is 0 Å². The van der Waals surface area contributed by atoms with E-state index in [9.17, 15) is 0 Å². The molecule has 2 saturated carbocycles. The molecule has 2 fully saturated rings. The number of benzene rings is 1. The van der Waals surface area contributed by atoms with Crippen molar-refractivity contribution in [1.29, 1.82) is 0 Å². The van der Waals surface area contributed by atoms with Crippen molar-refractivity contribution in [3.8, 4) is 0 Å². The topological polar surface area (TPSA) is 12.0 Å². The van der Waals surface area contributed by atoms with Crippen LogP contribution in [0.15, 0.2) is 18.2 Å². The molecule has 0 aromatic heterocycles. The minimum atomic E-state index is 0.314. The Morgan fingerprint density at radius 2 is 1.68 bits per heavy atom. The maximum atomic E-state index is 4.09. The molecule has 5 atom stereocenters. The summed E-state index contributed by atoms with van der Waals surface area (Å²) in [4.78, 5) is 0. The fourth-order valence-electron chi connectivity index (χ4n) is 7.03. The molecule has 0 aliphatic heterocycles. The Morgan fingerprint density at radius 1 is 0.968 bits per heavy atom. The van der Waals surface area contributed by atoms with Gasteiger partial charge in [-0.15, -0.1) is 0 Å². The number of aryl methyl sites for hydroxylation is 1. The molecule has 0 radical (unpaired) electrons. The van der Waals surface area contributed by atoms with Crippen molar-refractivity contribution >= 4 is 0 Å². The number of hydrogen-bond acceptors (Lipinski definition) is 1. The van der Waals surface area contributed by atoms with Crippen LogP contribution in [-0.2, 0) is 11.0 Å². The van der Waals surface area contributed by atoms with Gasteiger partial charge in [-0.2, -0.15) is 0 Å². The van der Waals surface area contributed by atoms with E-state index in [1.165, 1.54) is 76.3 Å². The van der Waals surface area contributed by atoms with Crippen molar-refractivity contribution in [2.75, 3.05) is 6.54 Å². The van der Waals surface area contributed by atoms with Crippen LogP contribution in [0.25, 0.3) is 0 Å². The third-order valence-electron chi connectivity index (χ3n) is 9.18. The first-order valence-corrected chi connectivity index (χ1v) is 13.7. The van der Waals surface area contributed by atoms with Crippen molar-refractivity contribution in [3.63, 3.8) is 0 Å². The summed E-state index contributed by atoms with van der Waals surface area (Å²) in [5.41, 5.74) is 5.56. The van der Waals surface area contributed by atoms with Gasteiger partial charge in [0, 0.05) is 5.41 Å². The zero-order valence-electron chi connectivity index (χ0n) is 21.8. The van der Waals surface area contributed by atoms with E-state index in [0.29, 0.717) is 11.0 Å². The number of hydrogen-bond donors (Lipinski definition) is 1. The van der Waals surface area contributed by atoms with Crippen LogP contribution < -0.4 is 5.32 Å². The molecule has 0 bridgehead atoms. The third-order valence-corrected chi connectivity index (χ3v) is 9.18. The first-order chi connectivity index (χ1) is 14.8. The van der Waals surface area contributed by atoms with Crippen molar-refractivity contribution in [3.05, 3.63) is 34.9 Å². The Balaban J connectivity index is 0.000000293. The zero-order chi connectivity index (χ0) is 22.6. The van der Waals surface area contributed by atoms with E-state index in [2.05, 4.69) is 72.0 Å². The van der Waals surface area contributed by atoms with Gasteiger partial charge in [-0.05, 0) is 74.0 Å². The molecule has 0 heterocycles. The highest BCUT2D eigenvalue weighted by atomic mass is 15.1. The SMILES string of the molecule is CCC(C)CNC12CC3CCC(C)CC[C@@]31c1cc(C)ccc12.CCCC(C)CCC. The summed E-state index contributed by atoms with van der Waals surface area (Å²) < 4.78 is 0. The molecule has 3 aliphatic rings. The second-order valence-corrected chi connectivity index (χ2v) is 11.6. The van der Waals surface area contributed by atoms with Gasteiger partial charge in [-0.25, -0.2) is 0 Å². The van der Waals surface area contributed by atoms with Gasteiger partial charge in [-0.3, -0.25) is 0 Å². The average molecular weight is 426 g/mol.